The van der Waals surface area contributed by atoms with Crippen LogP contribution in [0.2, 0.25) is 0 Å². The van der Waals surface area contributed by atoms with Crippen LogP contribution >= 0.6 is 34.2 Å². The van der Waals surface area contributed by atoms with E-state index in [1.807, 2.05) is 26.0 Å². The van der Waals surface area contributed by atoms with Gasteiger partial charge in [-0.15, -0.1) is 0 Å². The lowest BCUT2D eigenvalue weighted by Gasteiger charge is -2.18. The molecule has 0 aromatic heterocycles. The van der Waals surface area contributed by atoms with Crippen LogP contribution in [-0.2, 0) is 32.7 Å². The number of hydrogen-bond donors (Lipinski definition) is 2. The number of rotatable bonds is 10. The average molecular weight is 368 g/mol. The summed E-state index contributed by atoms with van der Waals surface area (Å²) in [6.07, 6.45) is 3.74. The van der Waals surface area contributed by atoms with Crippen molar-refractivity contribution in [2.24, 2.45) is 0 Å². The highest BCUT2D eigenvalue weighted by atomic mass is 32.9. The Morgan fingerprint density at radius 2 is 1.44 bits per heavy atom. The summed E-state index contributed by atoms with van der Waals surface area (Å²) in [5.74, 6) is 1.16. The molecule has 2 N–H and O–H groups in total. The Labute approximate surface area is 127 Å². The van der Waals surface area contributed by atoms with Crippen molar-refractivity contribution in [1.29, 1.82) is 0 Å². The molecule has 0 aromatic carbocycles. The summed E-state index contributed by atoms with van der Waals surface area (Å²) in [5, 5.41) is 0. The molecule has 0 aliphatic heterocycles. The topological polar surface area (TPSA) is 58.9 Å². The van der Waals surface area contributed by atoms with Crippen LogP contribution < -0.4 is 0 Å². The van der Waals surface area contributed by atoms with E-state index in [0.29, 0.717) is 24.7 Å². The fraction of sp³-hybridized carbons (Fsp3) is 0.750. The third kappa shape index (κ3) is 11.4. The van der Waals surface area contributed by atoms with Gasteiger partial charge in [-0.1, -0.05) is 34.9 Å². The lowest BCUT2D eigenvalue weighted by Crippen LogP contribution is -1.92. The van der Waals surface area contributed by atoms with Crippen LogP contribution in [-0.4, -0.2) is 34.5 Å². The van der Waals surface area contributed by atoms with E-state index >= 15 is 0 Å². The van der Waals surface area contributed by atoms with Gasteiger partial charge in [0.15, 0.2) is 0 Å². The van der Waals surface area contributed by atoms with E-state index in [9.17, 15) is 0 Å². The molecule has 0 radical (unpaired) electrons. The highest BCUT2D eigenvalue weighted by molar-refractivity contribution is 8.68. The van der Waals surface area contributed by atoms with Crippen molar-refractivity contribution in [2.75, 3.05) is 24.7 Å². The highest BCUT2D eigenvalue weighted by Crippen LogP contribution is 2.60. The molecule has 0 aromatic rings. The summed E-state index contributed by atoms with van der Waals surface area (Å²) in [6, 6.07) is 0. The molecule has 0 heterocycles. The Bertz CT molecular complexity index is 334. The summed E-state index contributed by atoms with van der Waals surface area (Å²) in [5.41, 5.74) is -5.36. The van der Waals surface area contributed by atoms with E-state index < -0.39 is 11.4 Å². The van der Waals surface area contributed by atoms with Crippen molar-refractivity contribution in [2.45, 2.75) is 13.8 Å². The SMILES string of the molecule is CCOP(=S)(OCC)SCC=CCSP(O)(O)=S. The second-order valence-corrected chi connectivity index (χ2v) is 15.3. The fourth-order valence-electron chi connectivity index (χ4n) is 0.839. The summed E-state index contributed by atoms with van der Waals surface area (Å²) in [6.45, 7) is 4.87. The first-order valence-corrected chi connectivity index (χ1v) is 13.7. The molecule has 0 unspecified atom stereocenters. The van der Waals surface area contributed by atoms with Gasteiger partial charge in [-0.05, 0) is 37.5 Å². The smallest absolute Gasteiger partial charge is 0.247 e. The molecule has 0 atom stereocenters. The Kier molecular flexibility index (Phi) is 11.2. The van der Waals surface area contributed by atoms with Crippen LogP contribution in [0.15, 0.2) is 12.2 Å². The van der Waals surface area contributed by atoms with Gasteiger partial charge in [0.25, 0.3) is 0 Å². The first kappa shape index (κ1) is 19.6. The second kappa shape index (κ2) is 10.3. The Balaban J connectivity index is 3.96. The zero-order valence-electron chi connectivity index (χ0n) is 10.2. The first-order chi connectivity index (χ1) is 8.33. The van der Waals surface area contributed by atoms with Crippen LogP contribution in [0.1, 0.15) is 13.8 Å². The molecule has 0 aliphatic rings. The van der Waals surface area contributed by atoms with E-state index in [4.69, 9.17) is 30.6 Å². The van der Waals surface area contributed by atoms with Gasteiger partial charge in [0.1, 0.15) is 0 Å². The summed E-state index contributed by atoms with van der Waals surface area (Å²) >= 11 is 12.3. The second-order valence-electron chi connectivity index (χ2n) is 2.84. The molecule has 0 saturated carbocycles. The minimum Gasteiger partial charge on any atom is -0.338 e. The predicted molar refractivity (Wildman–Crippen MR) is 90.3 cm³/mol. The molecule has 0 spiro atoms. The van der Waals surface area contributed by atoms with Crippen LogP contribution in [0.3, 0.4) is 0 Å². The standard InChI is InChI=1S/C8H18O4P2S4/c1-3-11-14(16,12-4-2)18-8-6-5-7-17-13(9,10)15/h5-6H,3-4,7-8H2,1-2H3,(H2,9,10,15). The van der Waals surface area contributed by atoms with E-state index in [1.54, 1.807) is 0 Å². The van der Waals surface area contributed by atoms with Crippen LogP contribution in [0.25, 0.3) is 0 Å². The lowest BCUT2D eigenvalue weighted by molar-refractivity contribution is 0.280. The molecule has 10 heteroatoms. The van der Waals surface area contributed by atoms with Crippen molar-refractivity contribution in [3.8, 4) is 0 Å². The predicted octanol–water partition coefficient (Wildman–Crippen LogP) is 3.52. The van der Waals surface area contributed by atoms with Crippen LogP contribution in [0, 0.1) is 0 Å². The van der Waals surface area contributed by atoms with Gasteiger partial charge in [-0.25, -0.2) is 0 Å². The molecule has 0 bridgehead atoms. The molecule has 18 heavy (non-hydrogen) atoms. The van der Waals surface area contributed by atoms with E-state index in [1.165, 1.54) is 11.4 Å². The van der Waals surface area contributed by atoms with Gasteiger partial charge in [0.2, 0.25) is 11.4 Å². The molecule has 0 saturated heterocycles. The van der Waals surface area contributed by atoms with E-state index in [0.717, 1.165) is 11.4 Å². The zero-order valence-corrected chi connectivity index (χ0v) is 15.3. The summed E-state index contributed by atoms with van der Waals surface area (Å²) in [7, 11) is 0. The normalized spacial score (nSPS) is 13.3. The largest absolute Gasteiger partial charge is 0.338 e. The third-order valence-corrected chi connectivity index (χ3v) is 9.91. The van der Waals surface area contributed by atoms with Gasteiger partial charge in [-0.3, -0.25) is 0 Å². The molecule has 0 aliphatic carbocycles. The average Bonchev–Trinajstić information content (AvgIpc) is 2.22. The highest BCUT2D eigenvalue weighted by Gasteiger charge is 2.17. The molecular weight excluding hydrogens is 350 g/mol. The van der Waals surface area contributed by atoms with E-state index in [2.05, 4.69) is 11.8 Å². The van der Waals surface area contributed by atoms with Crippen molar-refractivity contribution in [1.82, 2.24) is 0 Å². The monoisotopic (exact) mass is 368 g/mol. The van der Waals surface area contributed by atoms with Crippen molar-refractivity contribution >= 4 is 57.8 Å². The minimum atomic E-state index is -3.14. The van der Waals surface area contributed by atoms with Gasteiger partial charge in [0.05, 0.1) is 13.2 Å². The van der Waals surface area contributed by atoms with E-state index in [-0.39, 0.29) is 0 Å². The summed E-state index contributed by atoms with van der Waals surface area (Å²) in [4.78, 5) is 18.0. The fourth-order valence-corrected chi connectivity index (χ4v) is 6.97. The molecule has 4 nitrogen and oxygen atoms in total. The Morgan fingerprint density at radius 3 is 1.83 bits per heavy atom. The molecule has 108 valence electrons. The quantitative estimate of drug-likeness (QED) is 0.449. The van der Waals surface area contributed by atoms with Gasteiger partial charge in [-0.2, -0.15) is 0 Å². The maximum atomic E-state index is 9.00. The van der Waals surface area contributed by atoms with Crippen molar-refractivity contribution in [3.05, 3.63) is 12.2 Å². The van der Waals surface area contributed by atoms with Gasteiger partial charge < -0.3 is 18.8 Å². The minimum absolute atomic E-state index is 0.483. The maximum absolute atomic E-state index is 9.00. The van der Waals surface area contributed by atoms with Crippen LogP contribution in [0.5, 0.6) is 0 Å². The van der Waals surface area contributed by atoms with Gasteiger partial charge in [0, 0.05) is 11.5 Å². The molecular formula is C8H18O4P2S4. The van der Waals surface area contributed by atoms with Crippen LogP contribution in [0.4, 0.5) is 0 Å². The Morgan fingerprint density at radius 1 is 1.00 bits per heavy atom. The van der Waals surface area contributed by atoms with Gasteiger partial charge >= 0.3 is 0 Å². The molecule has 0 rings (SSSR count). The lowest BCUT2D eigenvalue weighted by atomic mass is 10.6. The Hall–Kier alpha value is 1.58. The first-order valence-electron chi connectivity index (χ1n) is 5.21. The molecule has 0 amide bonds. The zero-order chi connectivity index (χ0) is 14.1. The number of hydrogen-bond acceptors (Lipinski definition) is 6. The maximum Gasteiger partial charge on any atom is 0.247 e. The summed E-state index contributed by atoms with van der Waals surface area (Å²) < 4.78 is 10.9. The van der Waals surface area contributed by atoms with Crippen molar-refractivity contribution in [3.63, 3.8) is 0 Å². The molecule has 0 fully saturated rings. The third-order valence-electron chi connectivity index (χ3n) is 1.41. The van der Waals surface area contributed by atoms with Crippen molar-refractivity contribution < 1.29 is 18.8 Å².